The smallest absolute Gasteiger partial charge is 0.271 e. The highest BCUT2D eigenvalue weighted by Crippen LogP contribution is 2.53. The second-order valence-electron chi connectivity index (χ2n) is 8.14. The van der Waals surface area contributed by atoms with E-state index in [4.69, 9.17) is 4.74 Å². The minimum absolute atomic E-state index is 0.183. The number of aromatic nitrogens is 1. The van der Waals surface area contributed by atoms with Crippen LogP contribution in [0.15, 0.2) is 0 Å². The van der Waals surface area contributed by atoms with Gasteiger partial charge in [0, 0.05) is 10.9 Å². The largest absolute Gasteiger partial charge is 0.375 e. The molecule has 2 unspecified atom stereocenters. The van der Waals surface area contributed by atoms with Crippen molar-refractivity contribution in [2.45, 2.75) is 63.8 Å². The van der Waals surface area contributed by atoms with Crippen molar-refractivity contribution in [2.75, 3.05) is 18.5 Å². The number of anilines is 1. The van der Waals surface area contributed by atoms with Gasteiger partial charge in [0.05, 0.1) is 13.2 Å². The summed E-state index contributed by atoms with van der Waals surface area (Å²) < 4.78 is 32.6. The number of ether oxygens (including phenoxy) is 1. The topological polar surface area (TPSA) is 80.3 Å². The highest BCUT2D eigenvalue weighted by atomic mass is 32.1. The molecule has 3 fully saturated rings. The fraction of sp³-hybridized carbons (Fsp3) is 0.737. The summed E-state index contributed by atoms with van der Waals surface area (Å²) in [7, 11) is 0. The Kier molecular flexibility index (Phi) is 5.39. The maximum atomic E-state index is 13.9. The molecule has 3 atom stereocenters. The van der Waals surface area contributed by atoms with Gasteiger partial charge in [-0.25, -0.2) is 13.8 Å². The van der Waals surface area contributed by atoms with Gasteiger partial charge < -0.3 is 15.4 Å². The number of alkyl halides is 2. The average Bonchev–Trinajstić information content (AvgIpc) is 3.27. The normalized spacial score (nSPS) is 31.4. The zero-order valence-corrected chi connectivity index (χ0v) is 16.6. The molecule has 1 aliphatic heterocycles. The molecule has 154 valence electrons. The first kappa shape index (κ1) is 19.7. The number of hydrogen-bond acceptors (Lipinski definition) is 5. The van der Waals surface area contributed by atoms with E-state index in [0.29, 0.717) is 4.88 Å². The van der Waals surface area contributed by atoms with E-state index in [1.54, 1.807) is 6.92 Å². The van der Waals surface area contributed by atoms with E-state index in [-0.39, 0.29) is 41.4 Å². The lowest BCUT2D eigenvalue weighted by Crippen LogP contribution is -2.54. The second kappa shape index (κ2) is 7.67. The first-order valence-electron chi connectivity index (χ1n) is 9.85. The average molecular weight is 413 g/mol. The standard InChI is InChI=1S/C19H25F2N3O3S/c1-10-15(17(26)22-13-4-7-19(13)5-2-3-6-19)23-18(28-10)24-16(25)14-11(20)8-27-9-12(14)21/h11-14H,2-9H2,1H3,(H,22,26)(H,23,24,25)/t11?,12?,13-,14?/m0/s1. The molecule has 0 aromatic carbocycles. The predicted octanol–water partition coefficient (Wildman–Crippen LogP) is 3.17. The molecule has 2 saturated carbocycles. The van der Waals surface area contributed by atoms with E-state index in [1.165, 1.54) is 12.8 Å². The number of aryl methyl sites for hydroxylation is 1. The monoisotopic (exact) mass is 413 g/mol. The lowest BCUT2D eigenvalue weighted by Gasteiger charge is -2.47. The Morgan fingerprint density at radius 1 is 1.18 bits per heavy atom. The van der Waals surface area contributed by atoms with Crippen molar-refractivity contribution in [3.8, 4) is 0 Å². The first-order chi connectivity index (χ1) is 13.4. The molecule has 2 N–H and O–H groups in total. The maximum Gasteiger partial charge on any atom is 0.271 e. The zero-order chi connectivity index (χ0) is 19.9. The Morgan fingerprint density at radius 2 is 1.86 bits per heavy atom. The van der Waals surface area contributed by atoms with Gasteiger partial charge in [-0.2, -0.15) is 0 Å². The van der Waals surface area contributed by atoms with Gasteiger partial charge in [-0.15, -0.1) is 11.3 Å². The van der Waals surface area contributed by atoms with Crippen LogP contribution in [-0.2, 0) is 9.53 Å². The lowest BCUT2D eigenvalue weighted by atomic mass is 9.63. The second-order valence-corrected chi connectivity index (χ2v) is 9.35. The number of nitrogens with zero attached hydrogens (tertiary/aromatic N) is 1. The third-order valence-corrected chi connectivity index (χ3v) is 7.34. The summed E-state index contributed by atoms with van der Waals surface area (Å²) in [5.74, 6) is -2.44. The number of rotatable bonds is 4. The van der Waals surface area contributed by atoms with Crippen molar-refractivity contribution in [3.63, 3.8) is 0 Å². The highest BCUT2D eigenvalue weighted by Gasteiger charge is 2.49. The number of halogens is 2. The van der Waals surface area contributed by atoms with Gasteiger partial charge in [0.2, 0.25) is 5.91 Å². The van der Waals surface area contributed by atoms with E-state index in [0.717, 1.165) is 37.0 Å². The van der Waals surface area contributed by atoms with Crippen LogP contribution in [0, 0.1) is 18.3 Å². The molecule has 2 aliphatic carbocycles. The van der Waals surface area contributed by atoms with E-state index < -0.39 is 24.2 Å². The van der Waals surface area contributed by atoms with Gasteiger partial charge in [-0.05, 0) is 38.0 Å². The van der Waals surface area contributed by atoms with E-state index in [9.17, 15) is 18.4 Å². The van der Waals surface area contributed by atoms with Crippen LogP contribution < -0.4 is 10.6 Å². The van der Waals surface area contributed by atoms with Crippen LogP contribution >= 0.6 is 11.3 Å². The van der Waals surface area contributed by atoms with Crippen LogP contribution in [0.25, 0.3) is 0 Å². The van der Waals surface area contributed by atoms with Crippen molar-refractivity contribution < 1.29 is 23.1 Å². The van der Waals surface area contributed by atoms with Gasteiger partial charge in [0.1, 0.15) is 24.0 Å². The Labute approximate surface area is 166 Å². The number of carbonyl (C=O) groups excluding carboxylic acids is 2. The molecule has 2 heterocycles. The van der Waals surface area contributed by atoms with Gasteiger partial charge in [0.25, 0.3) is 5.91 Å². The molecule has 1 saturated heterocycles. The summed E-state index contributed by atoms with van der Waals surface area (Å²) in [5.41, 5.74) is 0.521. The zero-order valence-electron chi connectivity index (χ0n) is 15.8. The lowest BCUT2D eigenvalue weighted by molar-refractivity contribution is -0.132. The predicted molar refractivity (Wildman–Crippen MR) is 101 cm³/mol. The van der Waals surface area contributed by atoms with Gasteiger partial charge >= 0.3 is 0 Å². The van der Waals surface area contributed by atoms with Crippen molar-refractivity contribution in [3.05, 3.63) is 10.6 Å². The molecule has 0 bridgehead atoms. The molecular formula is C19H25F2N3O3S. The first-order valence-corrected chi connectivity index (χ1v) is 10.7. The minimum atomic E-state index is -1.70. The number of carbonyl (C=O) groups is 2. The van der Waals surface area contributed by atoms with Crippen LogP contribution in [-0.4, -0.2) is 48.4 Å². The summed E-state index contributed by atoms with van der Waals surface area (Å²) in [4.78, 5) is 29.9. The third kappa shape index (κ3) is 3.54. The van der Waals surface area contributed by atoms with Crippen LogP contribution in [0.1, 0.15) is 53.9 Å². The van der Waals surface area contributed by atoms with E-state index >= 15 is 0 Å². The van der Waals surface area contributed by atoms with Crippen LogP contribution in [0.5, 0.6) is 0 Å². The third-order valence-electron chi connectivity index (χ3n) is 6.45. The van der Waals surface area contributed by atoms with Gasteiger partial charge in [-0.3, -0.25) is 9.59 Å². The molecule has 1 spiro atoms. The van der Waals surface area contributed by atoms with Crippen LogP contribution in [0.2, 0.25) is 0 Å². The maximum absolute atomic E-state index is 13.9. The Morgan fingerprint density at radius 3 is 2.46 bits per heavy atom. The Balaban J connectivity index is 1.40. The van der Waals surface area contributed by atoms with Crippen molar-refractivity contribution >= 4 is 28.3 Å². The highest BCUT2D eigenvalue weighted by molar-refractivity contribution is 7.16. The quantitative estimate of drug-likeness (QED) is 0.795. The summed E-state index contributed by atoms with van der Waals surface area (Å²) in [6.07, 6.45) is 3.51. The molecule has 4 rings (SSSR count). The molecule has 28 heavy (non-hydrogen) atoms. The van der Waals surface area contributed by atoms with E-state index in [2.05, 4.69) is 15.6 Å². The molecule has 0 radical (unpaired) electrons. The minimum Gasteiger partial charge on any atom is -0.375 e. The fourth-order valence-corrected chi connectivity index (χ4v) is 5.54. The van der Waals surface area contributed by atoms with Crippen molar-refractivity contribution in [1.82, 2.24) is 10.3 Å². The fourth-order valence-electron chi connectivity index (χ4n) is 4.73. The molecule has 9 heteroatoms. The van der Waals surface area contributed by atoms with Crippen LogP contribution in [0.4, 0.5) is 13.9 Å². The summed E-state index contributed by atoms with van der Waals surface area (Å²) >= 11 is 1.13. The number of amides is 2. The number of hydrogen-bond donors (Lipinski definition) is 2. The molecule has 2 amide bonds. The Bertz CT molecular complexity index is 756. The van der Waals surface area contributed by atoms with E-state index in [1.807, 2.05) is 0 Å². The summed E-state index contributed by atoms with van der Waals surface area (Å²) in [6.45, 7) is 1.15. The van der Waals surface area contributed by atoms with Crippen molar-refractivity contribution in [1.29, 1.82) is 0 Å². The summed E-state index contributed by atoms with van der Waals surface area (Å²) in [5, 5.41) is 5.76. The van der Waals surface area contributed by atoms with Gasteiger partial charge in [-0.1, -0.05) is 12.8 Å². The summed E-state index contributed by atoms with van der Waals surface area (Å²) in [6, 6.07) is 0.184. The number of nitrogens with one attached hydrogen (secondary N) is 2. The molecule has 6 nitrogen and oxygen atoms in total. The van der Waals surface area contributed by atoms with Crippen molar-refractivity contribution in [2.24, 2.45) is 11.3 Å². The molecule has 1 aromatic heterocycles. The molecule has 1 aromatic rings. The SMILES string of the molecule is Cc1sc(NC(=O)C2C(F)COCC2F)nc1C(=O)N[C@H]1CCC12CCCC2. The molecule has 3 aliphatic rings. The number of thiazole rings is 1. The van der Waals surface area contributed by atoms with Gasteiger partial charge in [0.15, 0.2) is 5.13 Å². The molecular weight excluding hydrogens is 388 g/mol. The Hall–Kier alpha value is -1.61. The van der Waals surface area contributed by atoms with Crippen LogP contribution in [0.3, 0.4) is 0 Å².